The van der Waals surface area contributed by atoms with E-state index < -0.39 is 0 Å². The Morgan fingerprint density at radius 2 is 1.94 bits per heavy atom. The van der Waals surface area contributed by atoms with Crippen molar-refractivity contribution in [2.75, 3.05) is 19.0 Å². The second kappa shape index (κ2) is 6.75. The number of thioether (sulfide) groups is 1. The molecule has 1 aromatic rings. The molecule has 0 bridgehead atoms. The van der Waals surface area contributed by atoms with Crippen LogP contribution in [0.1, 0.15) is 23.2 Å². The van der Waals surface area contributed by atoms with Gasteiger partial charge in [-0.1, -0.05) is 12.1 Å². The van der Waals surface area contributed by atoms with E-state index in [9.17, 15) is 4.79 Å². The first-order valence-corrected chi connectivity index (χ1v) is 7.86. The Kier molecular flexibility index (Phi) is 5.31. The molecule has 2 rings (SSSR count). The van der Waals surface area contributed by atoms with E-state index in [1.807, 2.05) is 24.3 Å². The molecule has 0 atom stereocenters. The predicted octanol–water partition coefficient (Wildman–Crippen LogP) is 3.39. The molecule has 2 nitrogen and oxygen atoms in total. The van der Waals surface area contributed by atoms with Crippen molar-refractivity contribution in [3.8, 4) is 0 Å². The molecular weight excluding hydrogens is 347 g/mol. The van der Waals surface area contributed by atoms with Gasteiger partial charge in [0.05, 0.1) is 5.75 Å². The van der Waals surface area contributed by atoms with Crippen molar-refractivity contribution in [2.24, 2.45) is 0 Å². The zero-order valence-corrected chi connectivity index (χ0v) is 12.5. The van der Waals surface area contributed by atoms with Gasteiger partial charge >= 0.3 is 0 Å². The monoisotopic (exact) mass is 362 g/mol. The van der Waals surface area contributed by atoms with Gasteiger partial charge in [-0.2, -0.15) is 11.8 Å². The Morgan fingerprint density at radius 1 is 1.29 bits per heavy atom. The molecule has 1 saturated heterocycles. The predicted molar refractivity (Wildman–Crippen MR) is 79.8 cm³/mol. The Balaban J connectivity index is 1.82. The van der Waals surface area contributed by atoms with Crippen molar-refractivity contribution in [1.29, 1.82) is 0 Å². The fourth-order valence-electron chi connectivity index (χ4n) is 1.76. The van der Waals surface area contributed by atoms with Crippen LogP contribution in [0.2, 0.25) is 0 Å². The average molecular weight is 362 g/mol. The van der Waals surface area contributed by atoms with E-state index in [4.69, 9.17) is 4.74 Å². The lowest BCUT2D eigenvalue weighted by molar-refractivity contribution is 0.0988. The van der Waals surface area contributed by atoms with Crippen LogP contribution in [0.5, 0.6) is 0 Å². The molecule has 1 aromatic carbocycles. The van der Waals surface area contributed by atoms with Gasteiger partial charge in [0.15, 0.2) is 5.78 Å². The summed E-state index contributed by atoms with van der Waals surface area (Å²) < 4.78 is 6.47. The first-order chi connectivity index (χ1) is 8.25. The molecule has 0 unspecified atom stereocenters. The van der Waals surface area contributed by atoms with Crippen LogP contribution in [-0.2, 0) is 4.74 Å². The van der Waals surface area contributed by atoms with Gasteiger partial charge in [0, 0.05) is 27.6 Å². The summed E-state index contributed by atoms with van der Waals surface area (Å²) in [7, 11) is 0. The molecule has 17 heavy (non-hydrogen) atoms. The second-order valence-electron chi connectivity index (χ2n) is 4.05. The maximum atomic E-state index is 11.9. The first kappa shape index (κ1) is 13.4. The highest BCUT2D eigenvalue weighted by Crippen LogP contribution is 2.23. The number of rotatable bonds is 4. The lowest BCUT2D eigenvalue weighted by Gasteiger charge is -2.21. The third-order valence-corrected chi connectivity index (χ3v) is 4.88. The van der Waals surface area contributed by atoms with E-state index in [0.29, 0.717) is 11.0 Å². The summed E-state index contributed by atoms with van der Waals surface area (Å²) in [4.78, 5) is 11.9. The lowest BCUT2D eigenvalue weighted by atomic mass is 10.2. The van der Waals surface area contributed by atoms with Gasteiger partial charge < -0.3 is 4.74 Å². The third kappa shape index (κ3) is 4.26. The van der Waals surface area contributed by atoms with Crippen molar-refractivity contribution >= 4 is 40.1 Å². The van der Waals surface area contributed by atoms with Crippen molar-refractivity contribution in [3.05, 3.63) is 33.4 Å². The second-order valence-corrected chi connectivity index (χ2v) is 6.59. The van der Waals surface area contributed by atoms with Crippen molar-refractivity contribution in [2.45, 2.75) is 18.1 Å². The Morgan fingerprint density at radius 3 is 2.59 bits per heavy atom. The maximum absolute atomic E-state index is 11.9. The smallest absolute Gasteiger partial charge is 0.172 e. The van der Waals surface area contributed by atoms with Gasteiger partial charge in [0.2, 0.25) is 0 Å². The van der Waals surface area contributed by atoms with E-state index in [-0.39, 0.29) is 5.78 Å². The van der Waals surface area contributed by atoms with Crippen molar-refractivity contribution in [1.82, 2.24) is 0 Å². The van der Waals surface area contributed by atoms with E-state index in [2.05, 4.69) is 22.6 Å². The number of Topliss-reactive ketones (excluding diaryl/α,β-unsaturated/α-hetero) is 1. The highest BCUT2D eigenvalue weighted by Gasteiger charge is 2.16. The molecule has 0 spiro atoms. The molecular formula is C13H15IO2S. The summed E-state index contributed by atoms with van der Waals surface area (Å²) >= 11 is 4.02. The van der Waals surface area contributed by atoms with Gasteiger partial charge in [-0.15, -0.1) is 0 Å². The topological polar surface area (TPSA) is 26.3 Å². The molecule has 0 amide bonds. The van der Waals surface area contributed by atoms with Crippen LogP contribution in [-0.4, -0.2) is 30.0 Å². The molecule has 92 valence electrons. The van der Waals surface area contributed by atoms with E-state index in [1.54, 1.807) is 11.8 Å². The number of carbonyl (C=O) groups is 1. The van der Waals surface area contributed by atoms with Crippen molar-refractivity contribution in [3.63, 3.8) is 0 Å². The molecule has 4 heteroatoms. The fourth-order valence-corrected chi connectivity index (χ4v) is 3.19. The minimum absolute atomic E-state index is 0.234. The molecule has 1 aliphatic rings. The van der Waals surface area contributed by atoms with Gasteiger partial charge in [-0.05, 0) is 47.6 Å². The summed E-state index contributed by atoms with van der Waals surface area (Å²) in [6, 6.07) is 7.78. The average Bonchev–Trinajstić information content (AvgIpc) is 2.38. The molecule has 0 aliphatic carbocycles. The van der Waals surface area contributed by atoms with E-state index in [0.717, 1.165) is 35.2 Å². The number of hydrogen-bond acceptors (Lipinski definition) is 3. The van der Waals surface area contributed by atoms with Gasteiger partial charge in [-0.3, -0.25) is 4.79 Å². The molecule has 0 N–H and O–H groups in total. The zero-order chi connectivity index (χ0) is 12.1. The van der Waals surface area contributed by atoms with Crippen molar-refractivity contribution < 1.29 is 9.53 Å². The lowest BCUT2D eigenvalue weighted by Crippen LogP contribution is -2.19. The van der Waals surface area contributed by atoms with E-state index in [1.165, 1.54) is 0 Å². The minimum Gasteiger partial charge on any atom is -0.381 e. The van der Waals surface area contributed by atoms with Crippen LogP contribution >= 0.6 is 34.4 Å². The van der Waals surface area contributed by atoms with Crippen LogP contribution in [0.3, 0.4) is 0 Å². The highest BCUT2D eigenvalue weighted by molar-refractivity contribution is 14.1. The minimum atomic E-state index is 0.234. The molecule has 1 fully saturated rings. The summed E-state index contributed by atoms with van der Waals surface area (Å²) in [6.07, 6.45) is 2.15. The summed E-state index contributed by atoms with van der Waals surface area (Å²) in [5, 5.41) is 0.594. The van der Waals surface area contributed by atoms with Gasteiger partial charge in [-0.25, -0.2) is 0 Å². The Hall–Kier alpha value is -0.0700. The quantitative estimate of drug-likeness (QED) is 0.607. The molecule has 0 aromatic heterocycles. The Labute approximate surface area is 120 Å². The SMILES string of the molecule is O=C(CSC1CCOCC1)c1ccc(I)cc1. The van der Waals surface area contributed by atoms with Crippen LogP contribution in [0.15, 0.2) is 24.3 Å². The molecule has 1 heterocycles. The van der Waals surface area contributed by atoms with Crippen LogP contribution in [0.25, 0.3) is 0 Å². The zero-order valence-electron chi connectivity index (χ0n) is 9.52. The number of hydrogen-bond donors (Lipinski definition) is 0. The first-order valence-electron chi connectivity index (χ1n) is 5.74. The largest absolute Gasteiger partial charge is 0.381 e. The maximum Gasteiger partial charge on any atom is 0.172 e. The molecule has 0 saturated carbocycles. The number of ether oxygens (including phenoxy) is 1. The molecule has 1 aliphatic heterocycles. The van der Waals surface area contributed by atoms with Crippen LogP contribution in [0.4, 0.5) is 0 Å². The normalized spacial score (nSPS) is 17.0. The number of ketones is 1. The number of carbonyl (C=O) groups excluding carboxylic acids is 1. The van der Waals surface area contributed by atoms with E-state index >= 15 is 0 Å². The van der Waals surface area contributed by atoms with Crippen LogP contribution in [0, 0.1) is 3.57 Å². The summed E-state index contributed by atoms with van der Waals surface area (Å²) in [6.45, 7) is 1.69. The fraction of sp³-hybridized carbons (Fsp3) is 0.462. The number of benzene rings is 1. The van der Waals surface area contributed by atoms with Crippen LogP contribution < -0.4 is 0 Å². The summed E-state index contributed by atoms with van der Waals surface area (Å²) in [5.41, 5.74) is 0.824. The Bertz CT molecular complexity index is 372. The summed E-state index contributed by atoms with van der Waals surface area (Å²) in [5.74, 6) is 0.823. The standard InChI is InChI=1S/C13H15IO2S/c14-11-3-1-10(2-4-11)13(15)9-17-12-5-7-16-8-6-12/h1-4,12H,5-9H2. The molecule has 0 radical (unpaired) electrons. The number of halogens is 1. The van der Waals surface area contributed by atoms with Gasteiger partial charge in [0.25, 0.3) is 0 Å². The highest BCUT2D eigenvalue weighted by atomic mass is 127. The van der Waals surface area contributed by atoms with Gasteiger partial charge in [0.1, 0.15) is 0 Å². The third-order valence-electron chi connectivity index (χ3n) is 2.78.